The fourth-order valence-electron chi connectivity index (χ4n) is 1.48. The van der Waals surface area contributed by atoms with Gasteiger partial charge < -0.3 is 14.5 Å². The molecule has 2 aromatic rings. The van der Waals surface area contributed by atoms with Gasteiger partial charge in [0.25, 0.3) is 0 Å². The van der Waals surface area contributed by atoms with E-state index >= 15 is 0 Å². The number of methoxy groups -OCH3 is 1. The number of carbonyl (C=O) groups excluding carboxylic acids is 1. The Hall–Kier alpha value is -1.59. The topological polar surface area (TPSA) is 51.5 Å². The van der Waals surface area contributed by atoms with E-state index < -0.39 is 5.97 Å². The third-order valence-corrected chi connectivity index (χ3v) is 3.07. The summed E-state index contributed by atoms with van der Waals surface area (Å²) >= 11 is 1.67. The second-order valence-electron chi connectivity index (χ2n) is 3.50. The highest BCUT2D eigenvalue weighted by atomic mass is 32.1. The fourth-order valence-corrected chi connectivity index (χ4v) is 2.15. The van der Waals surface area contributed by atoms with Gasteiger partial charge in [-0.05, 0) is 28.5 Å². The van der Waals surface area contributed by atoms with Crippen molar-refractivity contribution in [1.82, 2.24) is 5.32 Å². The molecule has 0 aliphatic carbocycles. The highest BCUT2D eigenvalue weighted by molar-refractivity contribution is 7.07. The van der Waals surface area contributed by atoms with Gasteiger partial charge in [-0.3, -0.25) is 0 Å². The first kappa shape index (κ1) is 11.9. The second kappa shape index (κ2) is 5.65. The number of hydrogen-bond donors (Lipinski definition) is 1. The maximum absolute atomic E-state index is 11.3. The number of thiophene rings is 1. The second-order valence-corrected chi connectivity index (χ2v) is 4.28. The van der Waals surface area contributed by atoms with Crippen LogP contribution in [-0.2, 0) is 17.8 Å². The molecule has 2 rings (SSSR count). The van der Waals surface area contributed by atoms with E-state index in [1.54, 1.807) is 17.4 Å². The average molecular weight is 251 g/mol. The van der Waals surface area contributed by atoms with Crippen LogP contribution in [0.5, 0.6) is 0 Å². The Morgan fingerprint density at radius 1 is 1.47 bits per heavy atom. The highest BCUT2D eigenvalue weighted by Crippen LogP contribution is 2.12. The summed E-state index contributed by atoms with van der Waals surface area (Å²) in [5.74, 6) is -0.173. The van der Waals surface area contributed by atoms with Crippen LogP contribution in [0.25, 0.3) is 0 Å². The molecule has 0 saturated carbocycles. The lowest BCUT2D eigenvalue weighted by Crippen LogP contribution is -2.14. The van der Waals surface area contributed by atoms with Crippen LogP contribution < -0.4 is 5.32 Å². The zero-order valence-corrected chi connectivity index (χ0v) is 10.3. The van der Waals surface area contributed by atoms with E-state index in [2.05, 4.69) is 21.5 Å². The van der Waals surface area contributed by atoms with Gasteiger partial charge in [0, 0.05) is 18.7 Å². The van der Waals surface area contributed by atoms with Gasteiger partial charge in [0.1, 0.15) is 0 Å². The van der Waals surface area contributed by atoms with Crippen molar-refractivity contribution in [3.63, 3.8) is 0 Å². The molecular weight excluding hydrogens is 238 g/mol. The van der Waals surface area contributed by atoms with E-state index in [-0.39, 0.29) is 5.76 Å². The van der Waals surface area contributed by atoms with Crippen molar-refractivity contribution in [3.05, 3.63) is 46.0 Å². The van der Waals surface area contributed by atoms with Crippen LogP contribution in [0.4, 0.5) is 0 Å². The number of hydrogen-bond acceptors (Lipinski definition) is 5. The normalized spacial score (nSPS) is 10.4. The van der Waals surface area contributed by atoms with Crippen LogP contribution in [0, 0.1) is 0 Å². The quantitative estimate of drug-likeness (QED) is 0.829. The van der Waals surface area contributed by atoms with Crippen molar-refractivity contribution in [1.29, 1.82) is 0 Å². The Morgan fingerprint density at radius 2 is 2.35 bits per heavy atom. The molecule has 0 spiro atoms. The first-order valence-electron chi connectivity index (χ1n) is 5.17. The van der Waals surface area contributed by atoms with Crippen molar-refractivity contribution in [2.45, 2.75) is 13.1 Å². The number of esters is 1. The van der Waals surface area contributed by atoms with Gasteiger partial charge in [0.05, 0.1) is 13.4 Å². The lowest BCUT2D eigenvalue weighted by atomic mass is 10.2. The lowest BCUT2D eigenvalue weighted by Gasteiger charge is -2.03. The van der Waals surface area contributed by atoms with Gasteiger partial charge >= 0.3 is 5.97 Å². The van der Waals surface area contributed by atoms with Gasteiger partial charge in [0.15, 0.2) is 0 Å². The molecule has 0 unspecified atom stereocenters. The molecule has 0 radical (unpaired) electrons. The van der Waals surface area contributed by atoms with Crippen molar-refractivity contribution in [2.75, 3.05) is 7.11 Å². The molecular formula is C12H13NO3S. The van der Waals surface area contributed by atoms with E-state index in [0.717, 1.165) is 12.1 Å². The molecule has 0 bridgehead atoms. The predicted octanol–water partition coefficient (Wildman–Crippen LogP) is 2.42. The first-order chi connectivity index (χ1) is 8.31. The Labute approximate surface area is 103 Å². The van der Waals surface area contributed by atoms with Crippen molar-refractivity contribution >= 4 is 17.3 Å². The molecule has 0 aromatic carbocycles. The number of nitrogens with one attached hydrogen (secondary N) is 1. The molecule has 2 aromatic heterocycles. The van der Waals surface area contributed by atoms with Gasteiger partial charge in [-0.1, -0.05) is 0 Å². The Morgan fingerprint density at radius 3 is 3.06 bits per heavy atom. The lowest BCUT2D eigenvalue weighted by molar-refractivity contribution is 0.0563. The van der Waals surface area contributed by atoms with Crippen molar-refractivity contribution in [3.8, 4) is 0 Å². The number of furan rings is 1. The minimum Gasteiger partial charge on any atom is -0.463 e. The summed E-state index contributed by atoms with van der Waals surface area (Å²) in [5, 5.41) is 7.37. The molecule has 4 nitrogen and oxygen atoms in total. The predicted molar refractivity (Wildman–Crippen MR) is 64.9 cm³/mol. The summed E-state index contributed by atoms with van der Waals surface area (Å²) in [6.45, 7) is 1.35. The van der Waals surface area contributed by atoms with E-state index in [4.69, 9.17) is 4.42 Å². The van der Waals surface area contributed by atoms with Gasteiger partial charge in [-0.2, -0.15) is 11.3 Å². The van der Waals surface area contributed by atoms with Crippen LogP contribution in [0.3, 0.4) is 0 Å². The third-order valence-electron chi connectivity index (χ3n) is 2.34. The molecule has 1 N–H and O–H groups in total. The summed E-state index contributed by atoms with van der Waals surface area (Å²) < 4.78 is 9.72. The molecule has 0 aliphatic heterocycles. The fraction of sp³-hybridized carbons (Fsp3) is 0.250. The minimum absolute atomic E-state index is 0.269. The maximum atomic E-state index is 11.3. The molecule has 2 heterocycles. The molecule has 0 amide bonds. The largest absolute Gasteiger partial charge is 0.463 e. The van der Waals surface area contributed by atoms with Gasteiger partial charge in [-0.15, -0.1) is 0 Å². The SMILES string of the molecule is COC(=O)c1occc1CNCc1ccsc1. The third kappa shape index (κ3) is 2.95. The summed E-state index contributed by atoms with van der Waals surface area (Å²) in [6.07, 6.45) is 1.49. The molecule has 17 heavy (non-hydrogen) atoms. The standard InChI is InChI=1S/C12H13NO3S/c1-15-12(14)11-10(2-4-16-11)7-13-6-9-3-5-17-8-9/h2-5,8,13H,6-7H2,1H3. The summed E-state index contributed by atoms with van der Waals surface area (Å²) in [7, 11) is 1.34. The zero-order valence-electron chi connectivity index (χ0n) is 9.43. The smallest absolute Gasteiger partial charge is 0.374 e. The first-order valence-corrected chi connectivity index (χ1v) is 6.12. The highest BCUT2D eigenvalue weighted by Gasteiger charge is 2.14. The zero-order chi connectivity index (χ0) is 12.1. The number of rotatable bonds is 5. The van der Waals surface area contributed by atoms with Crippen LogP contribution in [-0.4, -0.2) is 13.1 Å². The van der Waals surface area contributed by atoms with E-state index in [1.807, 2.05) is 5.38 Å². The van der Waals surface area contributed by atoms with Gasteiger partial charge in [0.2, 0.25) is 5.76 Å². The van der Waals surface area contributed by atoms with E-state index in [0.29, 0.717) is 6.54 Å². The van der Waals surface area contributed by atoms with Crippen molar-refractivity contribution < 1.29 is 13.9 Å². The van der Waals surface area contributed by atoms with E-state index in [1.165, 1.54) is 18.9 Å². The van der Waals surface area contributed by atoms with Crippen molar-refractivity contribution in [2.24, 2.45) is 0 Å². The average Bonchev–Trinajstić information content (AvgIpc) is 2.99. The summed E-state index contributed by atoms with van der Waals surface area (Å²) in [6, 6.07) is 3.83. The number of carbonyl (C=O) groups is 1. The maximum Gasteiger partial charge on any atom is 0.374 e. The van der Waals surface area contributed by atoms with Crippen LogP contribution >= 0.6 is 11.3 Å². The molecule has 0 fully saturated rings. The molecule has 5 heteroatoms. The molecule has 0 saturated heterocycles. The van der Waals surface area contributed by atoms with Crippen LogP contribution in [0.15, 0.2) is 33.6 Å². The summed E-state index contributed by atoms with van der Waals surface area (Å²) in [5.41, 5.74) is 2.05. The Bertz CT molecular complexity index is 476. The Balaban J connectivity index is 1.91. The minimum atomic E-state index is -0.442. The Kier molecular flexibility index (Phi) is 3.95. The van der Waals surface area contributed by atoms with Gasteiger partial charge in [-0.25, -0.2) is 4.79 Å². The van der Waals surface area contributed by atoms with Crippen LogP contribution in [0.2, 0.25) is 0 Å². The monoisotopic (exact) mass is 251 g/mol. The van der Waals surface area contributed by atoms with Crippen LogP contribution in [0.1, 0.15) is 21.7 Å². The summed E-state index contributed by atoms with van der Waals surface area (Å²) in [4.78, 5) is 11.3. The molecule has 0 aliphatic rings. The molecule has 90 valence electrons. The van der Waals surface area contributed by atoms with E-state index in [9.17, 15) is 4.79 Å². The molecule has 0 atom stereocenters. The number of ether oxygens (including phenoxy) is 1.